The van der Waals surface area contributed by atoms with E-state index < -0.39 is 0 Å². The summed E-state index contributed by atoms with van der Waals surface area (Å²) in [7, 11) is 0. The number of carbonyl (C=O) groups excluding carboxylic acids is 1. The molecule has 1 aliphatic carbocycles. The minimum Gasteiger partial charge on any atom is -0.461 e. The molecule has 2 nitrogen and oxygen atoms in total. The van der Waals surface area contributed by atoms with E-state index in [1.54, 1.807) is 0 Å². The maximum Gasteiger partial charge on any atom is 0.310 e. The van der Waals surface area contributed by atoms with Crippen LogP contribution in [0.4, 0.5) is 0 Å². The first-order valence-corrected chi connectivity index (χ1v) is 6.12. The molecule has 2 unspecified atom stereocenters. The molecule has 2 atom stereocenters. The second kappa shape index (κ2) is 3.93. The van der Waals surface area contributed by atoms with Crippen molar-refractivity contribution in [1.82, 2.24) is 0 Å². The van der Waals surface area contributed by atoms with Crippen molar-refractivity contribution in [3.05, 3.63) is 35.4 Å². The lowest BCUT2D eigenvalue weighted by molar-refractivity contribution is -0.149. The fraction of sp³-hybridized carbons (Fsp3) is 0.500. The molecule has 1 saturated carbocycles. The van der Waals surface area contributed by atoms with Gasteiger partial charge in [0.05, 0.1) is 6.42 Å². The Bertz CT molecular complexity index is 411. The van der Waals surface area contributed by atoms with Gasteiger partial charge in [-0.15, -0.1) is 0 Å². The molecular formula is C14H16O2. The van der Waals surface area contributed by atoms with Gasteiger partial charge >= 0.3 is 5.97 Å². The van der Waals surface area contributed by atoms with Gasteiger partial charge in [0.15, 0.2) is 0 Å². The average molecular weight is 216 g/mol. The van der Waals surface area contributed by atoms with Gasteiger partial charge in [0.25, 0.3) is 0 Å². The molecule has 3 rings (SSSR count). The highest BCUT2D eigenvalue weighted by molar-refractivity contribution is 5.74. The maximum absolute atomic E-state index is 11.7. The fourth-order valence-corrected chi connectivity index (χ4v) is 3.02. The summed E-state index contributed by atoms with van der Waals surface area (Å²) in [6.45, 7) is 0. The molecule has 0 saturated heterocycles. The maximum atomic E-state index is 11.7. The minimum atomic E-state index is -0.0538. The van der Waals surface area contributed by atoms with E-state index in [-0.39, 0.29) is 12.1 Å². The third kappa shape index (κ3) is 1.62. The highest BCUT2D eigenvalue weighted by Crippen LogP contribution is 2.38. The Hall–Kier alpha value is -1.31. The summed E-state index contributed by atoms with van der Waals surface area (Å²) in [6.07, 6.45) is 5.22. The molecule has 0 aromatic heterocycles. The van der Waals surface area contributed by atoms with Crippen LogP contribution < -0.4 is 0 Å². The molecule has 84 valence electrons. The van der Waals surface area contributed by atoms with Crippen molar-refractivity contribution in [2.45, 2.75) is 44.1 Å². The van der Waals surface area contributed by atoms with E-state index in [9.17, 15) is 4.79 Å². The first-order chi connectivity index (χ1) is 7.84. The van der Waals surface area contributed by atoms with Gasteiger partial charge in [-0.25, -0.2) is 0 Å². The van der Waals surface area contributed by atoms with Gasteiger partial charge in [0.1, 0.15) is 6.10 Å². The summed E-state index contributed by atoms with van der Waals surface area (Å²) in [5.74, 6) is 0.387. The molecule has 1 fully saturated rings. The van der Waals surface area contributed by atoms with Crippen molar-refractivity contribution in [1.29, 1.82) is 0 Å². The monoisotopic (exact) mass is 216 g/mol. The van der Waals surface area contributed by atoms with Crippen LogP contribution in [-0.2, 0) is 16.0 Å². The Morgan fingerprint density at radius 3 is 2.88 bits per heavy atom. The Morgan fingerprint density at radius 1 is 1.12 bits per heavy atom. The standard InChI is InChI=1S/C14H16O2/c15-14-9-10-5-1-2-6-11(10)12-7-3-4-8-13(12)16-14/h1-2,5-6,12-13H,3-4,7-9H2. The predicted octanol–water partition coefficient (Wildman–Crippen LogP) is 2.81. The lowest BCUT2D eigenvalue weighted by atomic mass is 9.80. The van der Waals surface area contributed by atoms with Gasteiger partial charge in [0, 0.05) is 5.92 Å². The van der Waals surface area contributed by atoms with E-state index in [4.69, 9.17) is 4.74 Å². The Kier molecular flexibility index (Phi) is 2.43. The number of fused-ring (bicyclic) bond motifs is 3. The second-order valence-corrected chi connectivity index (χ2v) is 4.79. The average Bonchev–Trinajstić information content (AvgIpc) is 2.44. The smallest absolute Gasteiger partial charge is 0.310 e. The van der Waals surface area contributed by atoms with Crippen molar-refractivity contribution in [3.8, 4) is 0 Å². The van der Waals surface area contributed by atoms with Crippen LogP contribution in [-0.4, -0.2) is 12.1 Å². The molecule has 1 heterocycles. The van der Waals surface area contributed by atoms with E-state index in [1.807, 2.05) is 6.07 Å². The van der Waals surface area contributed by atoms with Gasteiger partial charge in [-0.3, -0.25) is 4.79 Å². The highest BCUT2D eigenvalue weighted by atomic mass is 16.5. The van der Waals surface area contributed by atoms with E-state index in [0.29, 0.717) is 12.3 Å². The summed E-state index contributed by atoms with van der Waals surface area (Å²) >= 11 is 0. The molecular weight excluding hydrogens is 200 g/mol. The van der Waals surface area contributed by atoms with Crippen LogP contribution >= 0.6 is 0 Å². The van der Waals surface area contributed by atoms with Crippen LogP contribution in [0, 0.1) is 0 Å². The third-order valence-corrected chi connectivity index (χ3v) is 3.77. The van der Waals surface area contributed by atoms with E-state index >= 15 is 0 Å². The number of benzene rings is 1. The summed E-state index contributed by atoms with van der Waals surface area (Å²) in [6, 6.07) is 8.31. The SMILES string of the molecule is O=C1Cc2ccccc2C2CCCCC2O1. The Balaban J connectivity index is 2.04. The van der Waals surface area contributed by atoms with Crippen molar-refractivity contribution in [2.24, 2.45) is 0 Å². The number of hydrogen-bond donors (Lipinski definition) is 0. The first-order valence-electron chi connectivity index (χ1n) is 6.12. The highest BCUT2D eigenvalue weighted by Gasteiger charge is 2.33. The van der Waals surface area contributed by atoms with Crippen molar-refractivity contribution < 1.29 is 9.53 Å². The molecule has 1 aromatic carbocycles. The minimum absolute atomic E-state index is 0.0538. The van der Waals surface area contributed by atoms with Gasteiger partial charge in [-0.2, -0.15) is 0 Å². The van der Waals surface area contributed by atoms with Crippen molar-refractivity contribution in [3.63, 3.8) is 0 Å². The molecule has 2 heteroatoms. The quantitative estimate of drug-likeness (QED) is 0.623. The molecule has 0 amide bonds. The van der Waals surface area contributed by atoms with Crippen LogP contribution in [0.25, 0.3) is 0 Å². The number of hydrogen-bond acceptors (Lipinski definition) is 2. The van der Waals surface area contributed by atoms with Crippen LogP contribution in [0.2, 0.25) is 0 Å². The number of ether oxygens (including phenoxy) is 1. The topological polar surface area (TPSA) is 26.3 Å². The van der Waals surface area contributed by atoms with Crippen LogP contribution in [0.5, 0.6) is 0 Å². The normalized spacial score (nSPS) is 28.6. The Morgan fingerprint density at radius 2 is 1.94 bits per heavy atom. The third-order valence-electron chi connectivity index (χ3n) is 3.77. The lowest BCUT2D eigenvalue weighted by Gasteiger charge is -2.30. The number of esters is 1. The fourth-order valence-electron chi connectivity index (χ4n) is 3.02. The van der Waals surface area contributed by atoms with Crippen molar-refractivity contribution >= 4 is 5.97 Å². The molecule has 0 radical (unpaired) electrons. The summed E-state index contributed by atoms with van der Waals surface area (Å²) in [5.41, 5.74) is 2.51. The summed E-state index contributed by atoms with van der Waals surface area (Å²) in [4.78, 5) is 11.7. The predicted molar refractivity (Wildman–Crippen MR) is 61.2 cm³/mol. The summed E-state index contributed by atoms with van der Waals surface area (Å²) in [5, 5.41) is 0. The summed E-state index contributed by atoms with van der Waals surface area (Å²) < 4.78 is 5.56. The molecule has 1 aliphatic heterocycles. The second-order valence-electron chi connectivity index (χ2n) is 4.79. The van der Waals surface area contributed by atoms with E-state index in [0.717, 1.165) is 12.8 Å². The van der Waals surface area contributed by atoms with Crippen LogP contribution in [0.15, 0.2) is 24.3 Å². The van der Waals surface area contributed by atoms with Gasteiger partial charge in [0.2, 0.25) is 0 Å². The van der Waals surface area contributed by atoms with Crippen LogP contribution in [0.1, 0.15) is 42.7 Å². The zero-order valence-corrected chi connectivity index (χ0v) is 9.32. The molecule has 1 aromatic rings. The van der Waals surface area contributed by atoms with E-state index in [1.165, 1.54) is 24.0 Å². The lowest BCUT2D eigenvalue weighted by Crippen LogP contribution is -2.26. The molecule has 0 spiro atoms. The Labute approximate surface area is 95.6 Å². The van der Waals surface area contributed by atoms with Gasteiger partial charge in [-0.05, 0) is 30.4 Å². The molecule has 0 N–H and O–H groups in total. The van der Waals surface area contributed by atoms with Gasteiger partial charge in [-0.1, -0.05) is 30.7 Å². The number of rotatable bonds is 0. The largest absolute Gasteiger partial charge is 0.461 e. The molecule has 16 heavy (non-hydrogen) atoms. The van der Waals surface area contributed by atoms with E-state index in [2.05, 4.69) is 18.2 Å². The first kappa shape index (κ1) is 9.88. The van der Waals surface area contributed by atoms with Gasteiger partial charge < -0.3 is 4.74 Å². The van der Waals surface area contributed by atoms with Crippen LogP contribution in [0.3, 0.4) is 0 Å². The number of carbonyl (C=O) groups is 1. The van der Waals surface area contributed by atoms with Crippen molar-refractivity contribution in [2.75, 3.05) is 0 Å². The zero-order chi connectivity index (χ0) is 11.0. The molecule has 0 bridgehead atoms. The molecule has 2 aliphatic rings. The zero-order valence-electron chi connectivity index (χ0n) is 9.32.